The number of nitrogens with zero attached hydrogens (tertiary/aromatic N) is 1. The van der Waals surface area contributed by atoms with E-state index in [1.807, 2.05) is 24.3 Å². The van der Waals surface area contributed by atoms with Crippen LogP contribution < -0.4 is 19.5 Å². The lowest BCUT2D eigenvalue weighted by Crippen LogP contribution is -2.51. The van der Waals surface area contributed by atoms with E-state index in [2.05, 4.69) is 15.0 Å². The summed E-state index contributed by atoms with van der Waals surface area (Å²) in [5, 5.41) is 9.97. The van der Waals surface area contributed by atoms with E-state index in [4.69, 9.17) is 19.4 Å². The van der Waals surface area contributed by atoms with Gasteiger partial charge in [0.2, 0.25) is 0 Å². The summed E-state index contributed by atoms with van der Waals surface area (Å²) in [6, 6.07) is 16.2. The second-order valence-electron chi connectivity index (χ2n) is 7.98. The number of pyridine rings is 1. The number of alkyl halides is 3. The summed E-state index contributed by atoms with van der Waals surface area (Å²) in [4.78, 5) is 26.2. The minimum absolute atomic E-state index is 0.0862. The van der Waals surface area contributed by atoms with E-state index >= 15 is 0 Å². The van der Waals surface area contributed by atoms with E-state index in [0.29, 0.717) is 34.8 Å². The molecule has 37 heavy (non-hydrogen) atoms. The number of halogens is 3. The molecule has 0 bridgehead atoms. The molecule has 1 atom stereocenters. The number of ether oxygens (including phenoxy) is 3. The van der Waals surface area contributed by atoms with Gasteiger partial charge < -0.3 is 24.6 Å². The predicted octanol–water partition coefficient (Wildman–Crippen LogP) is 4.30. The average molecular weight is 514 g/mol. The van der Waals surface area contributed by atoms with Crippen LogP contribution in [0.4, 0.5) is 13.2 Å². The fourth-order valence-corrected chi connectivity index (χ4v) is 4.20. The predicted molar refractivity (Wildman–Crippen MR) is 125 cm³/mol. The Labute approximate surface area is 209 Å². The summed E-state index contributed by atoms with van der Waals surface area (Å²) < 4.78 is 53.3. The number of carboxylic acid groups (broad SMARTS) is 1. The first-order chi connectivity index (χ1) is 17.8. The zero-order valence-corrected chi connectivity index (χ0v) is 19.2. The van der Waals surface area contributed by atoms with E-state index in [1.165, 1.54) is 24.3 Å². The van der Waals surface area contributed by atoms with Crippen molar-refractivity contribution in [1.82, 2.24) is 10.3 Å². The molecule has 2 aliphatic heterocycles. The van der Waals surface area contributed by atoms with Crippen molar-refractivity contribution in [1.29, 1.82) is 0 Å². The molecular weight excluding hydrogens is 493 g/mol. The highest BCUT2D eigenvalue weighted by molar-refractivity contribution is 6.00. The van der Waals surface area contributed by atoms with Crippen LogP contribution in [0.2, 0.25) is 0 Å². The van der Waals surface area contributed by atoms with Gasteiger partial charge in [-0.2, -0.15) is 0 Å². The van der Waals surface area contributed by atoms with Crippen LogP contribution in [0.3, 0.4) is 0 Å². The summed E-state index contributed by atoms with van der Waals surface area (Å²) in [6.45, 7) is 0.112. The summed E-state index contributed by atoms with van der Waals surface area (Å²) in [5.41, 5.74) is 1.10. The number of rotatable bonds is 4. The molecule has 3 aromatic rings. The Hall–Kier alpha value is -4.54. The third-order valence-corrected chi connectivity index (χ3v) is 5.74. The molecule has 1 amide bonds. The van der Waals surface area contributed by atoms with Crippen molar-refractivity contribution in [2.24, 2.45) is 0 Å². The van der Waals surface area contributed by atoms with Gasteiger partial charge in [0.25, 0.3) is 12.4 Å². The molecule has 3 heterocycles. The van der Waals surface area contributed by atoms with E-state index in [1.54, 1.807) is 24.4 Å². The quantitative estimate of drug-likeness (QED) is 0.500. The van der Waals surface area contributed by atoms with Crippen LogP contribution in [0.25, 0.3) is 6.08 Å². The zero-order chi connectivity index (χ0) is 26.5. The molecule has 0 saturated heterocycles. The second-order valence-corrected chi connectivity index (χ2v) is 7.98. The van der Waals surface area contributed by atoms with E-state index in [-0.39, 0.29) is 31.3 Å². The fourth-order valence-electron chi connectivity index (χ4n) is 4.20. The van der Waals surface area contributed by atoms with Crippen molar-refractivity contribution in [3.05, 3.63) is 89.3 Å². The van der Waals surface area contributed by atoms with Crippen molar-refractivity contribution in [2.45, 2.75) is 18.3 Å². The maximum absolute atomic E-state index is 13.4. The third-order valence-electron chi connectivity index (χ3n) is 5.74. The van der Waals surface area contributed by atoms with Gasteiger partial charge in [0.1, 0.15) is 35.1 Å². The number of hydrogen-bond donors (Lipinski definition) is 2. The van der Waals surface area contributed by atoms with E-state index in [0.717, 1.165) is 5.56 Å². The van der Waals surface area contributed by atoms with Crippen LogP contribution in [-0.2, 0) is 15.1 Å². The first-order valence-corrected chi connectivity index (χ1v) is 11.0. The molecule has 2 aromatic carbocycles. The Morgan fingerprint density at radius 1 is 1.05 bits per heavy atom. The molecule has 2 aliphatic rings. The average Bonchev–Trinajstić information content (AvgIpc) is 2.88. The van der Waals surface area contributed by atoms with Gasteiger partial charge in [0, 0.05) is 18.2 Å². The van der Waals surface area contributed by atoms with Crippen LogP contribution in [0, 0.1) is 0 Å². The number of para-hydroxylation sites is 1. The number of carbonyl (C=O) groups is 2. The first kappa shape index (κ1) is 25.5. The van der Waals surface area contributed by atoms with Gasteiger partial charge in [-0.05, 0) is 42.0 Å². The summed E-state index contributed by atoms with van der Waals surface area (Å²) in [5.74, 6) is 0.450. The smallest absolute Gasteiger partial charge is 0.491 e. The normalized spacial score (nSPS) is 17.8. The van der Waals surface area contributed by atoms with Crippen LogP contribution in [-0.4, -0.2) is 42.0 Å². The highest BCUT2D eigenvalue weighted by Crippen LogP contribution is 2.41. The number of nitrogens with one attached hydrogen (secondary N) is 1. The maximum Gasteiger partial charge on any atom is 0.573 e. The monoisotopic (exact) mass is 514 g/mol. The molecule has 5 rings (SSSR count). The standard InChI is InChI=1S/C25H19F3N2O4.CH2O2/c26-25(27,28)34-19-9-7-18(8-10-19)24(11-13-32-21-6-3-12-29-22(21)24)30-23(31)17-14-16-4-1-2-5-20(16)33-15-17;2-1-3/h1-10,12,14H,11,13,15H2,(H,30,31);1H,(H,2,3)/t24-;/m0./s1. The van der Waals surface area contributed by atoms with Crippen LogP contribution in [0.1, 0.15) is 23.2 Å². The molecule has 0 spiro atoms. The molecule has 0 fully saturated rings. The summed E-state index contributed by atoms with van der Waals surface area (Å²) >= 11 is 0. The van der Waals surface area contributed by atoms with Crippen molar-refractivity contribution < 1.29 is 42.1 Å². The number of carbonyl (C=O) groups excluding carboxylic acids is 1. The Morgan fingerprint density at radius 3 is 2.49 bits per heavy atom. The third kappa shape index (κ3) is 5.66. The van der Waals surface area contributed by atoms with Gasteiger partial charge >= 0.3 is 6.36 Å². The van der Waals surface area contributed by atoms with Gasteiger partial charge in [-0.1, -0.05) is 30.3 Å². The second kappa shape index (κ2) is 10.6. The van der Waals surface area contributed by atoms with Crippen molar-refractivity contribution in [3.8, 4) is 17.2 Å². The van der Waals surface area contributed by atoms with Crippen LogP contribution in [0.15, 0.2) is 72.4 Å². The number of aromatic nitrogens is 1. The maximum atomic E-state index is 13.4. The SMILES string of the molecule is O=C(N[C@]1(c2ccc(OC(F)(F)F)cc2)CCOc2cccnc21)C1=Cc2ccccc2OC1.O=CO. The molecule has 8 nitrogen and oxygen atoms in total. The molecule has 0 saturated carbocycles. The Bertz CT molecular complexity index is 1310. The van der Waals surface area contributed by atoms with Crippen LogP contribution >= 0.6 is 0 Å². The summed E-state index contributed by atoms with van der Waals surface area (Å²) in [7, 11) is 0. The van der Waals surface area contributed by atoms with E-state index in [9.17, 15) is 18.0 Å². The van der Waals surface area contributed by atoms with Crippen molar-refractivity contribution >= 4 is 18.5 Å². The van der Waals surface area contributed by atoms with Gasteiger partial charge in [-0.15, -0.1) is 13.2 Å². The van der Waals surface area contributed by atoms with Crippen LogP contribution in [0.5, 0.6) is 17.2 Å². The van der Waals surface area contributed by atoms with E-state index < -0.39 is 11.9 Å². The van der Waals surface area contributed by atoms with Crippen molar-refractivity contribution in [2.75, 3.05) is 13.2 Å². The van der Waals surface area contributed by atoms with Gasteiger partial charge in [-0.3, -0.25) is 14.6 Å². The van der Waals surface area contributed by atoms with Gasteiger partial charge in [-0.25, -0.2) is 0 Å². The molecule has 2 N–H and O–H groups in total. The highest BCUT2D eigenvalue weighted by Gasteiger charge is 2.43. The molecule has 0 radical (unpaired) electrons. The lowest BCUT2D eigenvalue weighted by Gasteiger charge is -2.39. The molecular formula is C26H21F3N2O6. The van der Waals surface area contributed by atoms with Gasteiger partial charge in [0.05, 0.1) is 12.2 Å². The number of benzene rings is 2. The summed E-state index contributed by atoms with van der Waals surface area (Å²) in [6.07, 6.45) is -1.13. The van der Waals surface area contributed by atoms with Gasteiger partial charge in [0.15, 0.2) is 0 Å². The molecule has 11 heteroatoms. The Balaban J connectivity index is 0.00000102. The molecule has 0 aliphatic carbocycles. The molecule has 1 aromatic heterocycles. The molecule has 192 valence electrons. The lowest BCUT2D eigenvalue weighted by atomic mass is 9.81. The Morgan fingerprint density at radius 2 is 1.76 bits per heavy atom. The number of fused-ring (bicyclic) bond motifs is 2. The minimum atomic E-state index is -4.80. The topological polar surface area (TPSA) is 107 Å². The number of hydrogen-bond acceptors (Lipinski definition) is 6. The highest BCUT2D eigenvalue weighted by atomic mass is 19.4. The van der Waals surface area contributed by atoms with Crippen molar-refractivity contribution in [3.63, 3.8) is 0 Å². The zero-order valence-electron chi connectivity index (χ0n) is 19.2. The largest absolute Gasteiger partial charge is 0.573 e. The molecule has 0 unspecified atom stereocenters. The lowest BCUT2D eigenvalue weighted by molar-refractivity contribution is -0.274. The Kier molecular flexibility index (Phi) is 7.32. The first-order valence-electron chi connectivity index (χ1n) is 11.0. The number of amides is 1. The fraction of sp³-hybridized carbons (Fsp3) is 0.192. The minimum Gasteiger partial charge on any atom is -0.491 e.